The Labute approximate surface area is 148 Å². The highest BCUT2D eigenvalue weighted by atomic mass is 19.4. The number of rotatable bonds is 4. The quantitative estimate of drug-likeness (QED) is 0.807. The minimum Gasteiger partial charge on any atom is -0.392 e. The largest absolute Gasteiger partial charge is 0.433 e. The van der Waals surface area contributed by atoms with Gasteiger partial charge in [0.05, 0.1) is 17.5 Å². The van der Waals surface area contributed by atoms with Gasteiger partial charge < -0.3 is 10.4 Å². The van der Waals surface area contributed by atoms with Crippen LogP contribution in [0.25, 0.3) is 11.3 Å². The SMILES string of the molecule is O[C@@H]1CCCC[C@@H]1NCc1nc(-c2ccc(C(F)(F)F)nc2)ccc1F. The van der Waals surface area contributed by atoms with Gasteiger partial charge in [-0.05, 0) is 37.1 Å². The van der Waals surface area contributed by atoms with Crippen LogP contribution in [0, 0.1) is 5.82 Å². The van der Waals surface area contributed by atoms with Gasteiger partial charge in [-0.1, -0.05) is 12.8 Å². The van der Waals surface area contributed by atoms with Crippen molar-refractivity contribution in [2.45, 2.75) is 50.6 Å². The Hall–Kier alpha value is -2.06. The molecule has 0 aromatic carbocycles. The summed E-state index contributed by atoms with van der Waals surface area (Å²) in [6.07, 6.45) is -0.398. The summed E-state index contributed by atoms with van der Waals surface area (Å²) in [5.74, 6) is -0.508. The number of aromatic nitrogens is 2. The number of aliphatic hydroxyl groups excluding tert-OH is 1. The number of halogens is 4. The van der Waals surface area contributed by atoms with Crippen molar-refractivity contribution in [2.24, 2.45) is 0 Å². The van der Waals surface area contributed by atoms with Gasteiger partial charge in [-0.2, -0.15) is 13.2 Å². The Bertz CT molecular complexity index is 749. The van der Waals surface area contributed by atoms with Gasteiger partial charge in [0.15, 0.2) is 0 Å². The molecular weight excluding hydrogens is 350 g/mol. The van der Waals surface area contributed by atoms with E-state index in [1.54, 1.807) is 0 Å². The van der Waals surface area contributed by atoms with Crippen molar-refractivity contribution in [1.29, 1.82) is 0 Å². The number of nitrogens with one attached hydrogen (secondary N) is 1. The Morgan fingerprint density at radius 2 is 1.88 bits per heavy atom. The van der Waals surface area contributed by atoms with Crippen molar-refractivity contribution in [1.82, 2.24) is 15.3 Å². The summed E-state index contributed by atoms with van der Waals surface area (Å²) in [6.45, 7) is 0.134. The van der Waals surface area contributed by atoms with E-state index in [1.807, 2.05) is 0 Å². The third-order valence-electron chi connectivity index (χ3n) is 4.53. The summed E-state index contributed by atoms with van der Waals surface area (Å²) in [5, 5.41) is 13.1. The van der Waals surface area contributed by atoms with E-state index in [-0.39, 0.29) is 18.3 Å². The molecule has 140 valence electrons. The van der Waals surface area contributed by atoms with E-state index in [0.29, 0.717) is 17.7 Å². The van der Waals surface area contributed by atoms with Crippen LogP contribution in [0.3, 0.4) is 0 Å². The van der Waals surface area contributed by atoms with Crippen molar-refractivity contribution < 1.29 is 22.7 Å². The van der Waals surface area contributed by atoms with Crippen LogP contribution in [-0.2, 0) is 12.7 Å². The van der Waals surface area contributed by atoms with E-state index in [9.17, 15) is 22.7 Å². The minimum atomic E-state index is -4.51. The maximum absolute atomic E-state index is 14.0. The maximum atomic E-state index is 14.0. The highest BCUT2D eigenvalue weighted by molar-refractivity contribution is 5.58. The molecule has 1 aliphatic rings. The van der Waals surface area contributed by atoms with Crippen LogP contribution in [0.1, 0.15) is 37.1 Å². The molecule has 2 aromatic heterocycles. The topological polar surface area (TPSA) is 58.0 Å². The van der Waals surface area contributed by atoms with Gasteiger partial charge in [-0.3, -0.25) is 4.98 Å². The van der Waals surface area contributed by atoms with Crippen molar-refractivity contribution in [3.63, 3.8) is 0 Å². The molecule has 2 aromatic rings. The van der Waals surface area contributed by atoms with Crippen LogP contribution < -0.4 is 5.32 Å². The first-order valence-electron chi connectivity index (χ1n) is 8.45. The predicted molar refractivity (Wildman–Crippen MR) is 87.5 cm³/mol. The molecule has 1 aliphatic carbocycles. The van der Waals surface area contributed by atoms with Gasteiger partial charge in [0, 0.05) is 24.3 Å². The lowest BCUT2D eigenvalue weighted by molar-refractivity contribution is -0.141. The normalized spacial score (nSPS) is 21.0. The zero-order valence-corrected chi connectivity index (χ0v) is 13.9. The fourth-order valence-electron chi connectivity index (χ4n) is 3.06. The molecule has 26 heavy (non-hydrogen) atoms. The molecular formula is C18H19F4N3O. The second kappa shape index (κ2) is 7.67. The maximum Gasteiger partial charge on any atom is 0.433 e. The molecule has 8 heteroatoms. The third-order valence-corrected chi connectivity index (χ3v) is 4.53. The lowest BCUT2D eigenvalue weighted by Crippen LogP contribution is -2.41. The van der Waals surface area contributed by atoms with Crippen LogP contribution in [0.2, 0.25) is 0 Å². The smallest absolute Gasteiger partial charge is 0.392 e. The zero-order valence-electron chi connectivity index (χ0n) is 13.9. The first-order valence-corrected chi connectivity index (χ1v) is 8.45. The average Bonchev–Trinajstić information content (AvgIpc) is 2.62. The Balaban J connectivity index is 1.75. The molecule has 0 radical (unpaired) electrons. The molecule has 2 heterocycles. The first-order chi connectivity index (χ1) is 12.3. The van der Waals surface area contributed by atoms with Crippen LogP contribution >= 0.6 is 0 Å². The summed E-state index contributed by atoms with van der Waals surface area (Å²) >= 11 is 0. The summed E-state index contributed by atoms with van der Waals surface area (Å²) in [6, 6.07) is 4.66. The van der Waals surface area contributed by atoms with Crippen LogP contribution in [0.15, 0.2) is 30.5 Å². The fraction of sp³-hybridized carbons (Fsp3) is 0.444. The monoisotopic (exact) mass is 369 g/mol. The molecule has 4 nitrogen and oxygen atoms in total. The van der Waals surface area contributed by atoms with E-state index in [2.05, 4.69) is 15.3 Å². The zero-order chi connectivity index (χ0) is 18.7. The molecule has 2 atom stereocenters. The van der Waals surface area contributed by atoms with Crippen molar-refractivity contribution in [3.05, 3.63) is 47.7 Å². The standard InChI is InChI=1S/C18H19F4N3O/c19-12-6-7-13(11-5-8-17(24-9-11)18(20,21)22)25-15(12)10-23-14-3-1-2-4-16(14)26/h5-9,14,16,23,26H,1-4,10H2/t14-,16+/m0/s1. The summed E-state index contributed by atoms with van der Waals surface area (Å²) in [5.41, 5.74) is -0.123. The number of nitrogens with zero attached hydrogens (tertiary/aromatic N) is 2. The lowest BCUT2D eigenvalue weighted by atomic mass is 9.92. The van der Waals surface area contributed by atoms with Gasteiger partial charge in [0.1, 0.15) is 11.5 Å². The molecule has 0 amide bonds. The number of alkyl halides is 3. The average molecular weight is 369 g/mol. The van der Waals surface area contributed by atoms with Gasteiger partial charge in [-0.15, -0.1) is 0 Å². The second-order valence-corrected chi connectivity index (χ2v) is 6.39. The molecule has 0 aliphatic heterocycles. The van der Waals surface area contributed by atoms with E-state index in [1.165, 1.54) is 18.2 Å². The van der Waals surface area contributed by atoms with E-state index in [4.69, 9.17) is 0 Å². The van der Waals surface area contributed by atoms with Gasteiger partial charge in [0.25, 0.3) is 0 Å². The number of hydrogen-bond acceptors (Lipinski definition) is 4. The Morgan fingerprint density at radius 1 is 1.12 bits per heavy atom. The minimum absolute atomic E-state index is 0.110. The molecule has 2 N–H and O–H groups in total. The van der Waals surface area contributed by atoms with Crippen LogP contribution in [0.5, 0.6) is 0 Å². The molecule has 1 saturated carbocycles. The molecule has 0 spiro atoms. The molecule has 1 fully saturated rings. The predicted octanol–water partition coefficient (Wildman–Crippen LogP) is 3.69. The summed E-state index contributed by atoms with van der Waals surface area (Å²) in [4.78, 5) is 7.60. The number of hydrogen-bond donors (Lipinski definition) is 2. The molecule has 0 bridgehead atoms. The van der Waals surface area contributed by atoms with Crippen LogP contribution in [-0.4, -0.2) is 27.2 Å². The summed E-state index contributed by atoms with van der Waals surface area (Å²) < 4.78 is 51.8. The third kappa shape index (κ3) is 4.37. The Morgan fingerprint density at radius 3 is 2.54 bits per heavy atom. The lowest BCUT2D eigenvalue weighted by Gasteiger charge is -2.28. The van der Waals surface area contributed by atoms with Crippen LogP contribution in [0.4, 0.5) is 17.6 Å². The molecule has 0 saturated heterocycles. The van der Waals surface area contributed by atoms with E-state index in [0.717, 1.165) is 31.5 Å². The number of aliphatic hydroxyl groups is 1. The van der Waals surface area contributed by atoms with Crippen molar-refractivity contribution >= 4 is 0 Å². The van der Waals surface area contributed by atoms with Gasteiger partial charge >= 0.3 is 6.18 Å². The Kier molecular flexibility index (Phi) is 5.52. The first kappa shape index (κ1) is 18.7. The highest BCUT2D eigenvalue weighted by Gasteiger charge is 2.32. The van der Waals surface area contributed by atoms with Gasteiger partial charge in [0.2, 0.25) is 0 Å². The van der Waals surface area contributed by atoms with Crippen molar-refractivity contribution in [2.75, 3.05) is 0 Å². The fourth-order valence-corrected chi connectivity index (χ4v) is 3.06. The van der Waals surface area contributed by atoms with E-state index < -0.39 is 23.8 Å². The summed E-state index contributed by atoms with van der Waals surface area (Å²) in [7, 11) is 0. The highest BCUT2D eigenvalue weighted by Crippen LogP contribution is 2.28. The molecule has 3 rings (SSSR count). The van der Waals surface area contributed by atoms with E-state index >= 15 is 0 Å². The van der Waals surface area contributed by atoms with Crippen molar-refractivity contribution in [3.8, 4) is 11.3 Å². The number of pyridine rings is 2. The van der Waals surface area contributed by atoms with Gasteiger partial charge in [-0.25, -0.2) is 9.37 Å². The molecule has 0 unspecified atom stereocenters. The second-order valence-electron chi connectivity index (χ2n) is 6.39.